The van der Waals surface area contributed by atoms with E-state index < -0.39 is 0 Å². The zero-order valence-corrected chi connectivity index (χ0v) is 21.0. The van der Waals surface area contributed by atoms with Gasteiger partial charge in [-0.1, -0.05) is 31.2 Å². The molecule has 1 aliphatic heterocycles. The number of aromatic nitrogens is 1. The van der Waals surface area contributed by atoms with Crippen LogP contribution in [0.1, 0.15) is 55.2 Å². The fourth-order valence-electron chi connectivity index (χ4n) is 3.59. The lowest BCUT2D eigenvalue weighted by atomic mass is 9.98. The average Bonchev–Trinajstić information content (AvgIpc) is 3.04. The van der Waals surface area contributed by atoms with Gasteiger partial charge in [-0.05, 0) is 63.7 Å². The van der Waals surface area contributed by atoms with Gasteiger partial charge in [0.15, 0.2) is 5.96 Å². The van der Waals surface area contributed by atoms with Crippen molar-refractivity contribution in [3.05, 3.63) is 52.7 Å². The molecule has 2 N–H and O–H groups in total. The van der Waals surface area contributed by atoms with Crippen LogP contribution in [-0.4, -0.2) is 35.5 Å². The third-order valence-corrected chi connectivity index (χ3v) is 5.52. The SMILES string of the molecule is CCNC(=NCc1cccc(CN2CCC(C)CC2)c1)NCc1nc(C)c(C)o1.I. The molecule has 0 saturated carbocycles. The summed E-state index contributed by atoms with van der Waals surface area (Å²) in [6.45, 7) is 13.7. The topological polar surface area (TPSA) is 65.7 Å². The standard InChI is InChI=1S/C23H35N5O.HI/c1-5-24-23(26-15-22-27-18(3)19(4)29-22)25-14-20-7-6-8-21(13-20)16-28-11-9-17(2)10-12-28;/h6-8,13,17H,5,9-12,14-16H2,1-4H3,(H2,24,25,26);1H. The summed E-state index contributed by atoms with van der Waals surface area (Å²) in [6.07, 6.45) is 2.62. The van der Waals surface area contributed by atoms with Crippen LogP contribution in [0, 0.1) is 19.8 Å². The van der Waals surface area contributed by atoms with Gasteiger partial charge in [0.2, 0.25) is 5.89 Å². The maximum absolute atomic E-state index is 5.64. The van der Waals surface area contributed by atoms with Crippen molar-refractivity contribution in [2.75, 3.05) is 19.6 Å². The van der Waals surface area contributed by atoms with Crippen LogP contribution < -0.4 is 10.6 Å². The van der Waals surface area contributed by atoms with Gasteiger partial charge in [0, 0.05) is 13.1 Å². The summed E-state index contributed by atoms with van der Waals surface area (Å²) in [4.78, 5) is 11.7. The van der Waals surface area contributed by atoms with E-state index in [0.29, 0.717) is 19.0 Å². The van der Waals surface area contributed by atoms with Gasteiger partial charge < -0.3 is 15.1 Å². The predicted octanol–water partition coefficient (Wildman–Crippen LogP) is 4.40. The summed E-state index contributed by atoms with van der Waals surface area (Å²) < 4.78 is 5.64. The molecule has 1 aromatic heterocycles. The van der Waals surface area contributed by atoms with Crippen molar-refractivity contribution < 1.29 is 4.42 Å². The predicted molar refractivity (Wildman–Crippen MR) is 133 cm³/mol. The normalized spacial score (nSPS) is 15.7. The number of aliphatic imine (C=N–C) groups is 1. The highest BCUT2D eigenvalue weighted by Crippen LogP contribution is 2.18. The Balaban J connectivity index is 0.00000320. The summed E-state index contributed by atoms with van der Waals surface area (Å²) in [7, 11) is 0. The molecule has 2 aromatic rings. The van der Waals surface area contributed by atoms with Crippen molar-refractivity contribution in [1.29, 1.82) is 0 Å². The first kappa shape index (κ1) is 24.7. The van der Waals surface area contributed by atoms with Gasteiger partial charge >= 0.3 is 0 Å². The molecule has 1 aromatic carbocycles. The number of rotatable bonds is 7. The molecular formula is C23H36IN5O. The molecular weight excluding hydrogens is 489 g/mol. The summed E-state index contributed by atoms with van der Waals surface area (Å²) in [6, 6.07) is 8.80. The number of benzene rings is 1. The van der Waals surface area contributed by atoms with Crippen LogP contribution in [-0.2, 0) is 19.6 Å². The zero-order chi connectivity index (χ0) is 20.6. The van der Waals surface area contributed by atoms with Gasteiger partial charge in [0.1, 0.15) is 5.76 Å². The molecule has 1 fully saturated rings. The molecule has 0 radical (unpaired) electrons. The highest BCUT2D eigenvalue weighted by molar-refractivity contribution is 14.0. The van der Waals surface area contributed by atoms with E-state index in [4.69, 9.17) is 9.41 Å². The quantitative estimate of drug-likeness (QED) is 0.319. The maximum Gasteiger partial charge on any atom is 0.214 e. The van der Waals surface area contributed by atoms with Gasteiger partial charge in [-0.25, -0.2) is 9.98 Å². The Labute approximate surface area is 198 Å². The monoisotopic (exact) mass is 525 g/mol. The Hall–Kier alpha value is -1.61. The Morgan fingerprint density at radius 3 is 2.60 bits per heavy atom. The molecule has 1 aliphatic rings. The Bertz CT molecular complexity index is 792. The first-order chi connectivity index (χ1) is 14.0. The van der Waals surface area contributed by atoms with E-state index in [9.17, 15) is 0 Å². The molecule has 166 valence electrons. The van der Waals surface area contributed by atoms with Gasteiger partial charge in [-0.2, -0.15) is 0 Å². The Morgan fingerprint density at radius 1 is 1.20 bits per heavy atom. The summed E-state index contributed by atoms with van der Waals surface area (Å²) in [5.74, 6) is 3.19. The maximum atomic E-state index is 5.64. The first-order valence-corrected chi connectivity index (χ1v) is 10.8. The fourth-order valence-corrected chi connectivity index (χ4v) is 3.59. The Kier molecular flexibility index (Phi) is 10.1. The number of nitrogens with zero attached hydrogens (tertiary/aromatic N) is 3. The molecule has 0 atom stereocenters. The van der Waals surface area contributed by atoms with Crippen LogP contribution in [0.4, 0.5) is 0 Å². The molecule has 0 spiro atoms. The van der Waals surface area contributed by atoms with Crippen molar-refractivity contribution >= 4 is 29.9 Å². The number of aryl methyl sites for hydroxylation is 2. The first-order valence-electron chi connectivity index (χ1n) is 10.8. The van der Waals surface area contributed by atoms with Crippen molar-refractivity contribution in [3.8, 4) is 0 Å². The highest BCUT2D eigenvalue weighted by atomic mass is 127. The lowest BCUT2D eigenvalue weighted by Gasteiger charge is -2.30. The zero-order valence-electron chi connectivity index (χ0n) is 18.7. The van der Waals surface area contributed by atoms with Crippen LogP contribution in [0.25, 0.3) is 0 Å². The Morgan fingerprint density at radius 2 is 1.93 bits per heavy atom. The second kappa shape index (κ2) is 12.3. The minimum absolute atomic E-state index is 0. The van der Waals surface area contributed by atoms with Gasteiger partial charge in [-0.15, -0.1) is 24.0 Å². The number of guanidine groups is 1. The van der Waals surface area contributed by atoms with E-state index >= 15 is 0 Å². The van der Waals surface area contributed by atoms with Crippen molar-refractivity contribution in [1.82, 2.24) is 20.5 Å². The summed E-state index contributed by atoms with van der Waals surface area (Å²) >= 11 is 0. The second-order valence-electron chi connectivity index (χ2n) is 8.08. The largest absolute Gasteiger partial charge is 0.444 e. The van der Waals surface area contributed by atoms with E-state index in [1.54, 1.807) is 0 Å². The van der Waals surface area contributed by atoms with Crippen LogP contribution >= 0.6 is 24.0 Å². The number of halogens is 1. The van der Waals surface area contributed by atoms with Crippen LogP contribution in [0.5, 0.6) is 0 Å². The number of hydrogen-bond donors (Lipinski definition) is 2. The summed E-state index contributed by atoms with van der Waals surface area (Å²) in [5, 5.41) is 6.60. The third-order valence-electron chi connectivity index (χ3n) is 5.52. The van der Waals surface area contributed by atoms with Gasteiger partial charge in [0.05, 0.1) is 18.8 Å². The van der Waals surface area contributed by atoms with Crippen molar-refractivity contribution in [2.24, 2.45) is 10.9 Å². The molecule has 0 aliphatic carbocycles. The number of piperidine rings is 1. The molecule has 7 heteroatoms. The number of nitrogens with one attached hydrogen (secondary N) is 2. The van der Waals surface area contributed by atoms with Crippen molar-refractivity contribution in [3.63, 3.8) is 0 Å². The van der Waals surface area contributed by atoms with E-state index in [1.165, 1.54) is 37.1 Å². The lowest BCUT2D eigenvalue weighted by molar-refractivity contribution is 0.185. The molecule has 0 amide bonds. The van der Waals surface area contributed by atoms with Crippen LogP contribution in [0.15, 0.2) is 33.7 Å². The lowest BCUT2D eigenvalue weighted by Crippen LogP contribution is -2.36. The van der Waals surface area contributed by atoms with E-state index in [2.05, 4.69) is 58.6 Å². The fraction of sp³-hybridized carbons (Fsp3) is 0.565. The molecule has 0 unspecified atom stereocenters. The number of hydrogen-bond acceptors (Lipinski definition) is 4. The van der Waals surface area contributed by atoms with Gasteiger partial charge in [0.25, 0.3) is 0 Å². The minimum Gasteiger partial charge on any atom is -0.444 e. The molecule has 1 saturated heterocycles. The molecule has 0 bridgehead atoms. The van der Waals surface area contributed by atoms with Crippen LogP contribution in [0.3, 0.4) is 0 Å². The average molecular weight is 525 g/mol. The van der Waals surface area contributed by atoms with E-state index in [0.717, 1.165) is 36.4 Å². The minimum atomic E-state index is 0. The van der Waals surface area contributed by atoms with Gasteiger partial charge in [-0.3, -0.25) is 4.90 Å². The molecule has 2 heterocycles. The molecule has 6 nitrogen and oxygen atoms in total. The van der Waals surface area contributed by atoms with E-state index in [1.807, 2.05) is 13.8 Å². The van der Waals surface area contributed by atoms with Crippen molar-refractivity contribution in [2.45, 2.75) is 60.2 Å². The second-order valence-corrected chi connectivity index (χ2v) is 8.08. The van der Waals surface area contributed by atoms with E-state index in [-0.39, 0.29) is 24.0 Å². The smallest absolute Gasteiger partial charge is 0.214 e. The number of oxazole rings is 1. The van der Waals surface area contributed by atoms with Crippen LogP contribution in [0.2, 0.25) is 0 Å². The third kappa shape index (κ3) is 7.58. The molecule has 3 rings (SSSR count). The molecule has 30 heavy (non-hydrogen) atoms. The highest BCUT2D eigenvalue weighted by Gasteiger charge is 2.15. The summed E-state index contributed by atoms with van der Waals surface area (Å²) in [5.41, 5.74) is 3.53. The number of likely N-dealkylation sites (tertiary alicyclic amines) is 1.